The van der Waals surface area contributed by atoms with Gasteiger partial charge in [-0.15, -0.1) is 0 Å². The van der Waals surface area contributed by atoms with E-state index < -0.39 is 5.91 Å². The molecule has 1 aromatic rings. The molecule has 0 atom stereocenters. The van der Waals surface area contributed by atoms with Crippen LogP contribution in [-0.2, 0) is 4.79 Å². The number of rotatable bonds is 3. The molecular weight excluding hydrogens is 377 g/mol. The zero-order valence-corrected chi connectivity index (χ0v) is 11.1. The highest BCUT2D eigenvalue weighted by atomic mass is 127. The van der Waals surface area contributed by atoms with E-state index in [-0.39, 0.29) is 6.42 Å². The highest BCUT2D eigenvalue weighted by molar-refractivity contribution is 14.1. The Bertz CT molecular complexity index is 416. The van der Waals surface area contributed by atoms with E-state index >= 15 is 0 Å². The molecule has 1 amide bonds. The van der Waals surface area contributed by atoms with Crippen molar-refractivity contribution in [2.24, 2.45) is 5.10 Å². The van der Waals surface area contributed by atoms with Crippen molar-refractivity contribution < 1.29 is 9.21 Å². The quantitative estimate of drug-likeness (QED) is 0.494. The van der Waals surface area contributed by atoms with Crippen LogP contribution in [0.2, 0.25) is 0 Å². The fourth-order valence-electron chi connectivity index (χ4n) is 0.706. The van der Waals surface area contributed by atoms with Crippen molar-refractivity contribution in [3.63, 3.8) is 0 Å². The van der Waals surface area contributed by atoms with Crippen LogP contribution in [0.15, 0.2) is 20.1 Å². The fraction of sp³-hybridized carbons (Fsp3) is 0.125. The van der Waals surface area contributed by atoms with Crippen LogP contribution in [0.4, 0.5) is 0 Å². The molecule has 0 spiro atoms. The third kappa shape index (κ3) is 4.01. The molecule has 0 radical (unpaired) electrons. The van der Waals surface area contributed by atoms with E-state index in [4.69, 9.17) is 9.68 Å². The Labute approximate surface area is 108 Å². The second kappa shape index (κ2) is 5.87. The standard InChI is InChI=1S/C8H5BrIN3O2/c9-6-3-5(15-8(6)10)4-12-13-7(14)1-2-11/h3-4H,1H2,(H,13,14)/b12-4+. The molecule has 0 aliphatic heterocycles. The number of nitriles is 1. The average Bonchev–Trinajstić information content (AvgIpc) is 2.46. The number of hydrogen-bond donors (Lipinski definition) is 1. The number of hydrazone groups is 1. The Morgan fingerprint density at radius 2 is 2.60 bits per heavy atom. The Balaban J connectivity index is 2.52. The van der Waals surface area contributed by atoms with Crippen molar-refractivity contribution in [1.29, 1.82) is 5.26 Å². The minimum atomic E-state index is -0.450. The first-order valence-electron chi connectivity index (χ1n) is 3.77. The van der Waals surface area contributed by atoms with Gasteiger partial charge in [-0.1, -0.05) is 0 Å². The summed E-state index contributed by atoms with van der Waals surface area (Å²) in [6.07, 6.45) is 1.15. The van der Waals surface area contributed by atoms with E-state index in [0.717, 1.165) is 4.47 Å². The fourth-order valence-corrected chi connectivity index (χ4v) is 1.42. The van der Waals surface area contributed by atoms with Crippen LogP contribution in [0.3, 0.4) is 0 Å². The zero-order valence-electron chi connectivity index (χ0n) is 7.33. The van der Waals surface area contributed by atoms with Crippen molar-refractivity contribution in [2.75, 3.05) is 0 Å². The molecule has 0 saturated carbocycles. The molecular formula is C8H5BrIN3O2. The van der Waals surface area contributed by atoms with Crippen molar-refractivity contribution in [3.05, 3.63) is 20.1 Å². The molecule has 1 heterocycles. The molecule has 0 fully saturated rings. The SMILES string of the molecule is N#CCC(=O)N/N=C/c1cc(Br)c(I)o1. The molecule has 1 N–H and O–H groups in total. The molecule has 0 aromatic carbocycles. The highest BCUT2D eigenvalue weighted by Crippen LogP contribution is 2.21. The van der Waals surface area contributed by atoms with Gasteiger partial charge in [0, 0.05) is 28.7 Å². The lowest BCUT2D eigenvalue weighted by atomic mass is 10.5. The van der Waals surface area contributed by atoms with Crippen LogP contribution in [0.5, 0.6) is 0 Å². The number of nitrogens with zero attached hydrogens (tertiary/aromatic N) is 2. The smallest absolute Gasteiger partial charge is 0.254 e. The van der Waals surface area contributed by atoms with Crippen LogP contribution in [-0.4, -0.2) is 12.1 Å². The molecule has 1 rings (SSSR count). The van der Waals surface area contributed by atoms with E-state index in [2.05, 4.69) is 26.5 Å². The number of carbonyl (C=O) groups is 1. The summed E-state index contributed by atoms with van der Waals surface area (Å²) in [6, 6.07) is 3.44. The predicted molar refractivity (Wildman–Crippen MR) is 65.1 cm³/mol. The Morgan fingerprint density at radius 1 is 1.87 bits per heavy atom. The second-order valence-electron chi connectivity index (χ2n) is 2.40. The van der Waals surface area contributed by atoms with Crippen molar-refractivity contribution in [3.8, 4) is 6.07 Å². The van der Waals surface area contributed by atoms with E-state index in [1.54, 1.807) is 12.1 Å². The number of amides is 1. The predicted octanol–water partition coefficient (Wildman–Crippen LogP) is 2.01. The molecule has 0 bridgehead atoms. The summed E-state index contributed by atoms with van der Waals surface area (Å²) in [5, 5.41) is 11.8. The van der Waals surface area contributed by atoms with Gasteiger partial charge in [0.2, 0.25) is 0 Å². The summed E-state index contributed by atoms with van der Waals surface area (Å²) in [5.74, 6) is 0.0672. The first-order valence-corrected chi connectivity index (χ1v) is 5.64. The van der Waals surface area contributed by atoms with Gasteiger partial charge in [-0.2, -0.15) is 10.4 Å². The van der Waals surface area contributed by atoms with Gasteiger partial charge in [-0.25, -0.2) is 5.43 Å². The number of carbonyl (C=O) groups excluding carboxylic acids is 1. The summed E-state index contributed by atoms with van der Waals surface area (Å²) in [7, 11) is 0. The molecule has 1 aromatic heterocycles. The highest BCUT2D eigenvalue weighted by Gasteiger charge is 2.03. The maximum atomic E-state index is 10.8. The number of halogens is 2. The maximum absolute atomic E-state index is 10.8. The first kappa shape index (κ1) is 12.2. The van der Waals surface area contributed by atoms with E-state index in [9.17, 15) is 4.79 Å². The molecule has 5 nitrogen and oxygen atoms in total. The summed E-state index contributed by atoms with van der Waals surface area (Å²) >= 11 is 5.29. The molecule has 0 aliphatic rings. The van der Waals surface area contributed by atoms with Crippen molar-refractivity contribution in [2.45, 2.75) is 6.42 Å². The van der Waals surface area contributed by atoms with Gasteiger partial charge in [0.1, 0.15) is 12.2 Å². The lowest BCUT2D eigenvalue weighted by Gasteiger charge is -1.90. The molecule has 7 heteroatoms. The summed E-state index contributed by atoms with van der Waals surface area (Å²) in [4.78, 5) is 10.8. The average molecular weight is 382 g/mol. The monoisotopic (exact) mass is 381 g/mol. The van der Waals surface area contributed by atoms with Crippen LogP contribution < -0.4 is 5.43 Å². The van der Waals surface area contributed by atoms with Gasteiger partial charge in [0.15, 0.2) is 3.77 Å². The molecule has 0 aliphatic carbocycles. The number of hydrogen-bond acceptors (Lipinski definition) is 4. The first-order chi connectivity index (χ1) is 7.13. The minimum absolute atomic E-state index is 0.212. The van der Waals surface area contributed by atoms with Crippen LogP contribution in [0.1, 0.15) is 12.2 Å². The van der Waals surface area contributed by atoms with E-state index in [0.29, 0.717) is 9.53 Å². The number of furan rings is 1. The second-order valence-corrected chi connectivity index (χ2v) is 4.23. The molecule has 0 unspecified atom stereocenters. The van der Waals surface area contributed by atoms with Crippen LogP contribution >= 0.6 is 38.5 Å². The third-order valence-corrected chi connectivity index (χ3v) is 3.42. The molecule has 0 saturated heterocycles. The normalized spacial score (nSPS) is 10.2. The Morgan fingerprint density at radius 3 is 3.13 bits per heavy atom. The molecule has 15 heavy (non-hydrogen) atoms. The lowest BCUT2D eigenvalue weighted by Crippen LogP contribution is -2.15. The topological polar surface area (TPSA) is 78.4 Å². The van der Waals surface area contributed by atoms with Gasteiger partial charge in [0.05, 0.1) is 16.8 Å². The summed E-state index contributed by atoms with van der Waals surface area (Å²) in [6.45, 7) is 0. The van der Waals surface area contributed by atoms with Gasteiger partial charge < -0.3 is 4.42 Å². The largest absolute Gasteiger partial charge is 0.448 e. The van der Waals surface area contributed by atoms with E-state index in [1.807, 2.05) is 22.6 Å². The van der Waals surface area contributed by atoms with Gasteiger partial charge in [-0.05, 0) is 15.9 Å². The van der Waals surface area contributed by atoms with Gasteiger partial charge in [-0.3, -0.25) is 4.79 Å². The van der Waals surface area contributed by atoms with Gasteiger partial charge >= 0.3 is 0 Å². The van der Waals surface area contributed by atoms with Crippen LogP contribution in [0, 0.1) is 15.1 Å². The minimum Gasteiger partial charge on any atom is -0.448 e. The van der Waals surface area contributed by atoms with Gasteiger partial charge in [0.25, 0.3) is 5.91 Å². The van der Waals surface area contributed by atoms with Crippen molar-refractivity contribution in [1.82, 2.24) is 5.43 Å². The van der Waals surface area contributed by atoms with E-state index in [1.165, 1.54) is 6.21 Å². The third-order valence-electron chi connectivity index (χ3n) is 1.28. The van der Waals surface area contributed by atoms with Crippen molar-refractivity contribution >= 4 is 50.6 Å². The Kier molecular flexibility index (Phi) is 4.77. The Hall–Kier alpha value is -0.880. The molecule has 78 valence electrons. The zero-order chi connectivity index (χ0) is 11.3. The summed E-state index contributed by atoms with van der Waals surface area (Å²) in [5.41, 5.74) is 2.19. The number of nitrogens with one attached hydrogen (secondary N) is 1. The van der Waals surface area contributed by atoms with Crippen LogP contribution in [0.25, 0.3) is 0 Å². The summed E-state index contributed by atoms with van der Waals surface area (Å²) < 4.78 is 6.76. The lowest BCUT2D eigenvalue weighted by molar-refractivity contribution is -0.120. The maximum Gasteiger partial charge on any atom is 0.254 e.